The third-order valence-corrected chi connectivity index (χ3v) is 4.93. The molecule has 1 heterocycles. The van der Waals surface area contributed by atoms with Crippen LogP contribution in [-0.2, 0) is 0 Å². The second kappa shape index (κ2) is 7.42. The molecule has 2 unspecified atom stereocenters. The Morgan fingerprint density at radius 3 is 2.67 bits per heavy atom. The molecule has 0 radical (unpaired) electrons. The average Bonchev–Trinajstić information content (AvgIpc) is 2.64. The first-order chi connectivity index (χ1) is 10.0. The van der Waals surface area contributed by atoms with Gasteiger partial charge in [-0.15, -0.1) is 0 Å². The molecule has 0 spiro atoms. The van der Waals surface area contributed by atoms with E-state index >= 15 is 0 Å². The van der Waals surface area contributed by atoms with Crippen LogP contribution < -0.4 is 5.32 Å². The predicted molar refractivity (Wildman–Crippen MR) is 91.8 cm³/mol. The number of hydrogen-bond donors (Lipinski definition) is 1. The van der Waals surface area contributed by atoms with Crippen molar-refractivity contribution in [2.45, 2.75) is 59.0 Å². The van der Waals surface area contributed by atoms with Crippen LogP contribution >= 0.6 is 0 Å². The summed E-state index contributed by atoms with van der Waals surface area (Å²) < 4.78 is 0. The van der Waals surface area contributed by atoms with E-state index in [1.165, 1.54) is 36.9 Å². The van der Waals surface area contributed by atoms with E-state index in [2.05, 4.69) is 63.2 Å². The summed E-state index contributed by atoms with van der Waals surface area (Å²) >= 11 is 0. The first-order valence-electron chi connectivity index (χ1n) is 8.52. The lowest BCUT2D eigenvalue weighted by Gasteiger charge is -2.39. The molecule has 1 aromatic carbocycles. The summed E-state index contributed by atoms with van der Waals surface area (Å²) in [5.41, 5.74) is 4.37. The average molecular weight is 288 g/mol. The lowest BCUT2D eigenvalue weighted by Crippen LogP contribution is -2.40. The maximum absolute atomic E-state index is 3.43. The van der Waals surface area contributed by atoms with Gasteiger partial charge in [-0.1, -0.05) is 30.2 Å². The van der Waals surface area contributed by atoms with E-state index in [0.717, 1.165) is 6.54 Å². The summed E-state index contributed by atoms with van der Waals surface area (Å²) in [5.74, 6) is 0.709. The highest BCUT2D eigenvalue weighted by Gasteiger charge is 2.32. The van der Waals surface area contributed by atoms with E-state index < -0.39 is 0 Å². The number of nitrogens with one attached hydrogen (secondary N) is 1. The fraction of sp³-hybridized carbons (Fsp3) is 0.684. The second-order valence-electron chi connectivity index (χ2n) is 6.95. The van der Waals surface area contributed by atoms with Crippen LogP contribution in [-0.4, -0.2) is 31.1 Å². The number of nitrogens with zero attached hydrogens (tertiary/aromatic N) is 1. The molecule has 1 N–H and O–H groups in total. The lowest BCUT2D eigenvalue weighted by molar-refractivity contribution is 0.118. The van der Waals surface area contributed by atoms with Crippen LogP contribution in [0.4, 0.5) is 0 Å². The summed E-state index contributed by atoms with van der Waals surface area (Å²) in [6.45, 7) is 11.5. The van der Waals surface area contributed by atoms with Crippen molar-refractivity contribution in [1.29, 1.82) is 0 Å². The van der Waals surface area contributed by atoms with Gasteiger partial charge in [0.15, 0.2) is 0 Å². The quantitative estimate of drug-likeness (QED) is 0.898. The van der Waals surface area contributed by atoms with Crippen LogP contribution in [0.2, 0.25) is 0 Å². The summed E-state index contributed by atoms with van der Waals surface area (Å²) in [6.07, 6.45) is 4.03. The first kappa shape index (κ1) is 16.5. The maximum Gasteiger partial charge on any atom is 0.0393 e. The van der Waals surface area contributed by atoms with Gasteiger partial charge in [-0.3, -0.25) is 4.90 Å². The molecule has 2 nitrogen and oxygen atoms in total. The fourth-order valence-electron chi connectivity index (χ4n) is 3.84. The van der Waals surface area contributed by atoms with Crippen molar-refractivity contribution >= 4 is 0 Å². The van der Waals surface area contributed by atoms with Crippen LogP contribution in [0.1, 0.15) is 55.8 Å². The van der Waals surface area contributed by atoms with Gasteiger partial charge in [0.1, 0.15) is 0 Å². The zero-order valence-corrected chi connectivity index (χ0v) is 14.4. The van der Waals surface area contributed by atoms with Crippen LogP contribution in [0, 0.1) is 19.8 Å². The maximum atomic E-state index is 3.43. The zero-order chi connectivity index (χ0) is 15.4. The predicted octanol–water partition coefficient (Wildman–Crippen LogP) is 4.07. The molecular formula is C19H32N2. The van der Waals surface area contributed by atoms with E-state index in [0.29, 0.717) is 18.0 Å². The Labute approximate surface area is 130 Å². The van der Waals surface area contributed by atoms with Crippen LogP contribution in [0.15, 0.2) is 18.2 Å². The second-order valence-corrected chi connectivity index (χ2v) is 6.95. The Morgan fingerprint density at radius 2 is 2.00 bits per heavy atom. The Hall–Kier alpha value is -0.860. The van der Waals surface area contributed by atoms with Gasteiger partial charge in [-0.2, -0.15) is 0 Å². The smallest absolute Gasteiger partial charge is 0.0393 e. The Balaban J connectivity index is 2.44. The first-order valence-corrected chi connectivity index (χ1v) is 8.52. The molecule has 2 atom stereocenters. The number of rotatable bonds is 4. The normalized spacial score (nSPS) is 24.3. The SMILES string of the molecule is CNCC1CCCCN(C(C)C)C1c1cc(C)ccc1C. The number of aryl methyl sites for hydroxylation is 2. The van der Waals surface area contributed by atoms with Crippen molar-refractivity contribution in [3.63, 3.8) is 0 Å². The lowest BCUT2D eigenvalue weighted by atomic mass is 9.85. The number of hydrogen-bond acceptors (Lipinski definition) is 2. The molecule has 1 aliphatic rings. The van der Waals surface area contributed by atoms with Gasteiger partial charge in [-0.05, 0) is 77.7 Å². The van der Waals surface area contributed by atoms with Gasteiger partial charge in [0.25, 0.3) is 0 Å². The molecule has 2 heteroatoms. The van der Waals surface area contributed by atoms with E-state index in [-0.39, 0.29) is 0 Å². The minimum Gasteiger partial charge on any atom is -0.319 e. The molecule has 1 aliphatic heterocycles. The zero-order valence-electron chi connectivity index (χ0n) is 14.4. The Morgan fingerprint density at radius 1 is 1.24 bits per heavy atom. The van der Waals surface area contributed by atoms with Crippen LogP contribution in [0.5, 0.6) is 0 Å². The standard InChI is InChI=1S/C19H32N2/c1-14(2)21-11-7-6-8-17(13-20-5)19(21)18-12-15(3)9-10-16(18)4/h9-10,12,14,17,19-20H,6-8,11,13H2,1-5H3. The fourth-order valence-corrected chi connectivity index (χ4v) is 3.84. The van der Waals surface area contributed by atoms with Gasteiger partial charge < -0.3 is 5.32 Å². The highest BCUT2D eigenvalue weighted by atomic mass is 15.2. The van der Waals surface area contributed by atoms with Crippen molar-refractivity contribution in [2.24, 2.45) is 5.92 Å². The van der Waals surface area contributed by atoms with Crippen LogP contribution in [0.3, 0.4) is 0 Å². The molecule has 1 fully saturated rings. The largest absolute Gasteiger partial charge is 0.319 e. The third-order valence-electron chi connectivity index (χ3n) is 4.93. The molecule has 0 saturated carbocycles. The van der Waals surface area contributed by atoms with Crippen molar-refractivity contribution in [1.82, 2.24) is 10.2 Å². The van der Waals surface area contributed by atoms with Crippen molar-refractivity contribution in [3.8, 4) is 0 Å². The summed E-state index contributed by atoms with van der Waals surface area (Å²) in [5, 5.41) is 3.43. The van der Waals surface area contributed by atoms with Crippen LogP contribution in [0.25, 0.3) is 0 Å². The van der Waals surface area contributed by atoms with Gasteiger partial charge in [-0.25, -0.2) is 0 Å². The van der Waals surface area contributed by atoms with Crippen molar-refractivity contribution in [3.05, 3.63) is 34.9 Å². The van der Waals surface area contributed by atoms with E-state index in [1.807, 2.05) is 0 Å². The summed E-state index contributed by atoms with van der Waals surface area (Å²) in [6, 6.07) is 8.11. The van der Waals surface area contributed by atoms with Gasteiger partial charge in [0, 0.05) is 12.1 Å². The number of benzene rings is 1. The molecule has 0 aliphatic carbocycles. The van der Waals surface area contributed by atoms with Crippen molar-refractivity contribution < 1.29 is 0 Å². The van der Waals surface area contributed by atoms with Gasteiger partial charge >= 0.3 is 0 Å². The van der Waals surface area contributed by atoms with Crippen molar-refractivity contribution in [2.75, 3.05) is 20.1 Å². The molecule has 0 bridgehead atoms. The minimum absolute atomic E-state index is 0.555. The molecule has 1 aromatic rings. The molecule has 0 aromatic heterocycles. The third kappa shape index (κ3) is 3.87. The topological polar surface area (TPSA) is 15.3 Å². The number of likely N-dealkylation sites (tertiary alicyclic amines) is 1. The molecular weight excluding hydrogens is 256 g/mol. The van der Waals surface area contributed by atoms with Gasteiger partial charge in [0.2, 0.25) is 0 Å². The highest BCUT2D eigenvalue weighted by molar-refractivity contribution is 5.34. The minimum atomic E-state index is 0.555. The van der Waals surface area contributed by atoms with E-state index in [1.54, 1.807) is 5.56 Å². The Bertz CT molecular complexity index is 453. The molecule has 1 saturated heterocycles. The Kier molecular flexibility index (Phi) is 5.83. The van der Waals surface area contributed by atoms with E-state index in [4.69, 9.17) is 0 Å². The van der Waals surface area contributed by atoms with Gasteiger partial charge in [0.05, 0.1) is 0 Å². The monoisotopic (exact) mass is 288 g/mol. The highest BCUT2D eigenvalue weighted by Crippen LogP contribution is 2.37. The summed E-state index contributed by atoms with van der Waals surface area (Å²) in [4.78, 5) is 2.73. The molecule has 21 heavy (non-hydrogen) atoms. The summed E-state index contributed by atoms with van der Waals surface area (Å²) in [7, 11) is 2.09. The molecule has 2 rings (SSSR count). The van der Waals surface area contributed by atoms with E-state index in [9.17, 15) is 0 Å². The molecule has 118 valence electrons. The molecule has 0 amide bonds.